The van der Waals surface area contributed by atoms with Crippen LogP contribution in [0.25, 0.3) is 10.8 Å². The molecule has 0 heterocycles. The number of aromatic hydroxyl groups is 1. The molecule has 0 aliphatic heterocycles. The van der Waals surface area contributed by atoms with Gasteiger partial charge >= 0.3 is 0 Å². The van der Waals surface area contributed by atoms with E-state index in [-0.39, 0.29) is 0 Å². The monoisotopic (exact) mass is 184 g/mol. The summed E-state index contributed by atoms with van der Waals surface area (Å²) in [5.41, 5.74) is 2.50. The number of hydrogen-bond acceptors (Lipinski definition) is 1. The molecule has 0 saturated heterocycles. The van der Waals surface area contributed by atoms with E-state index >= 15 is 0 Å². The van der Waals surface area contributed by atoms with Gasteiger partial charge in [-0.25, -0.2) is 0 Å². The van der Waals surface area contributed by atoms with Crippen LogP contribution in [0.15, 0.2) is 30.3 Å². The first-order valence-electron chi connectivity index (χ1n) is 5.01. The fraction of sp³-hybridized carbons (Fsp3) is 0.231. The van der Waals surface area contributed by atoms with Gasteiger partial charge in [0.05, 0.1) is 0 Å². The molecule has 2 aromatic carbocycles. The van der Waals surface area contributed by atoms with Crippen molar-refractivity contribution in [1.82, 2.24) is 0 Å². The van der Waals surface area contributed by atoms with Crippen LogP contribution in [0.5, 0.6) is 5.75 Å². The van der Waals surface area contributed by atoms with Crippen LogP contribution in [0.1, 0.15) is 24.0 Å². The Hall–Kier alpha value is -1.50. The maximum Gasteiger partial charge on any atom is 0.119 e. The molecule has 3 rings (SSSR count). The highest BCUT2D eigenvalue weighted by molar-refractivity contribution is 5.90. The van der Waals surface area contributed by atoms with Crippen molar-refractivity contribution in [3.63, 3.8) is 0 Å². The van der Waals surface area contributed by atoms with Gasteiger partial charge in [-0.1, -0.05) is 31.2 Å². The standard InChI is InChI=1S/C13H12O/c1-8-6-11-10-5-3-2-4-9(10)7-12(14)13(8)11/h2-5,7-8,14H,6H2,1H3. The Balaban J connectivity index is 2.43. The van der Waals surface area contributed by atoms with Gasteiger partial charge < -0.3 is 5.11 Å². The molecule has 0 amide bonds. The van der Waals surface area contributed by atoms with E-state index in [4.69, 9.17) is 0 Å². The van der Waals surface area contributed by atoms with Crippen molar-refractivity contribution in [2.75, 3.05) is 0 Å². The maximum absolute atomic E-state index is 9.82. The Labute approximate surface area is 83.0 Å². The third kappa shape index (κ3) is 0.844. The quantitative estimate of drug-likeness (QED) is 0.666. The van der Waals surface area contributed by atoms with E-state index < -0.39 is 0 Å². The molecule has 1 atom stereocenters. The van der Waals surface area contributed by atoms with E-state index in [0.717, 1.165) is 17.4 Å². The van der Waals surface area contributed by atoms with Crippen LogP contribution in [0.2, 0.25) is 0 Å². The SMILES string of the molecule is CC1Cc2c1c(O)cc1ccccc21. The van der Waals surface area contributed by atoms with E-state index in [1.807, 2.05) is 12.1 Å². The molecule has 0 fully saturated rings. The summed E-state index contributed by atoms with van der Waals surface area (Å²) >= 11 is 0. The first-order valence-corrected chi connectivity index (χ1v) is 5.01. The Kier molecular flexibility index (Phi) is 1.41. The average Bonchev–Trinajstić information content (AvgIpc) is 2.14. The maximum atomic E-state index is 9.82. The van der Waals surface area contributed by atoms with Crippen LogP contribution in [0.3, 0.4) is 0 Å². The van der Waals surface area contributed by atoms with Crippen LogP contribution in [0.4, 0.5) is 0 Å². The van der Waals surface area contributed by atoms with E-state index in [9.17, 15) is 5.11 Å². The van der Waals surface area contributed by atoms with E-state index in [0.29, 0.717) is 11.7 Å². The lowest BCUT2D eigenvalue weighted by Crippen LogP contribution is -2.14. The Morgan fingerprint density at radius 2 is 2.07 bits per heavy atom. The molecular formula is C13H12O. The molecule has 0 radical (unpaired) electrons. The molecule has 0 saturated carbocycles. The zero-order chi connectivity index (χ0) is 9.71. The zero-order valence-electron chi connectivity index (χ0n) is 8.12. The minimum atomic E-state index is 0.470. The van der Waals surface area contributed by atoms with Gasteiger partial charge in [-0.3, -0.25) is 0 Å². The summed E-state index contributed by atoms with van der Waals surface area (Å²) in [5.74, 6) is 0.993. The minimum Gasteiger partial charge on any atom is -0.508 e. The number of fused-ring (bicyclic) bond motifs is 3. The third-order valence-electron chi connectivity index (χ3n) is 3.18. The minimum absolute atomic E-state index is 0.470. The molecule has 1 unspecified atom stereocenters. The molecule has 1 aliphatic carbocycles. The fourth-order valence-corrected chi connectivity index (χ4v) is 2.47. The van der Waals surface area contributed by atoms with Gasteiger partial charge in [0.1, 0.15) is 5.75 Å². The van der Waals surface area contributed by atoms with Gasteiger partial charge in [0.25, 0.3) is 0 Å². The summed E-state index contributed by atoms with van der Waals surface area (Å²) in [6.07, 6.45) is 1.10. The van der Waals surface area contributed by atoms with Crippen molar-refractivity contribution in [2.24, 2.45) is 0 Å². The zero-order valence-corrected chi connectivity index (χ0v) is 8.12. The van der Waals surface area contributed by atoms with E-state index in [1.165, 1.54) is 10.9 Å². The highest BCUT2D eigenvalue weighted by Crippen LogP contribution is 2.44. The fourth-order valence-electron chi connectivity index (χ4n) is 2.47. The number of phenols is 1. The topological polar surface area (TPSA) is 20.2 Å². The predicted molar refractivity (Wildman–Crippen MR) is 57.7 cm³/mol. The van der Waals surface area contributed by atoms with Crippen molar-refractivity contribution in [2.45, 2.75) is 19.3 Å². The molecule has 1 aliphatic rings. The largest absolute Gasteiger partial charge is 0.508 e. The van der Waals surface area contributed by atoms with Crippen LogP contribution in [-0.2, 0) is 6.42 Å². The first kappa shape index (κ1) is 7.86. The van der Waals surface area contributed by atoms with E-state index in [2.05, 4.69) is 25.1 Å². The van der Waals surface area contributed by atoms with Crippen molar-refractivity contribution < 1.29 is 5.11 Å². The lowest BCUT2D eigenvalue weighted by molar-refractivity contribution is 0.453. The summed E-state index contributed by atoms with van der Waals surface area (Å²) in [5, 5.41) is 12.3. The molecule has 0 bridgehead atoms. The van der Waals surface area contributed by atoms with Crippen LogP contribution >= 0.6 is 0 Å². The molecule has 14 heavy (non-hydrogen) atoms. The van der Waals surface area contributed by atoms with Gasteiger partial charge in [0.2, 0.25) is 0 Å². The number of benzene rings is 2. The van der Waals surface area contributed by atoms with E-state index in [1.54, 1.807) is 0 Å². The Morgan fingerprint density at radius 3 is 2.86 bits per heavy atom. The molecule has 1 N–H and O–H groups in total. The second kappa shape index (κ2) is 2.50. The van der Waals surface area contributed by atoms with Crippen LogP contribution in [-0.4, -0.2) is 5.11 Å². The second-order valence-electron chi connectivity index (χ2n) is 4.11. The van der Waals surface area contributed by atoms with Crippen molar-refractivity contribution in [3.05, 3.63) is 41.5 Å². The summed E-state index contributed by atoms with van der Waals surface area (Å²) in [7, 11) is 0. The Morgan fingerprint density at radius 1 is 1.29 bits per heavy atom. The third-order valence-corrected chi connectivity index (χ3v) is 3.18. The van der Waals surface area contributed by atoms with Crippen molar-refractivity contribution in [1.29, 1.82) is 0 Å². The van der Waals surface area contributed by atoms with Crippen molar-refractivity contribution >= 4 is 10.8 Å². The molecular weight excluding hydrogens is 172 g/mol. The molecule has 1 heteroatoms. The highest BCUT2D eigenvalue weighted by atomic mass is 16.3. The lowest BCUT2D eigenvalue weighted by atomic mass is 9.75. The summed E-state index contributed by atoms with van der Waals surface area (Å²) in [4.78, 5) is 0. The normalized spacial score (nSPS) is 19.1. The molecule has 0 spiro atoms. The highest BCUT2D eigenvalue weighted by Gasteiger charge is 2.27. The number of hydrogen-bond donors (Lipinski definition) is 1. The molecule has 0 aromatic heterocycles. The molecule has 1 nitrogen and oxygen atoms in total. The lowest BCUT2D eigenvalue weighted by Gasteiger charge is -2.29. The molecule has 70 valence electrons. The van der Waals surface area contributed by atoms with Gasteiger partial charge in [0, 0.05) is 5.56 Å². The van der Waals surface area contributed by atoms with Crippen LogP contribution in [0, 0.1) is 0 Å². The van der Waals surface area contributed by atoms with Gasteiger partial charge in [-0.05, 0) is 34.7 Å². The molecule has 2 aromatic rings. The van der Waals surface area contributed by atoms with Gasteiger partial charge in [0.15, 0.2) is 0 Å². The first-order chi connectivity index (χ1) is 6.77. The van der Waals surface area contributed by atoms with Crippen LogP contribution < -0.4 is 0 Å². The predicted octanol–water partition coefficient (Wildman–Crippen LogP) is 3.21. The van der Waals surface area contributed by atoms with Crippen molar-refractivity contribution in [3.8, 4) is 5.75 Å². The summed E-state index contributed by atoms with van der Waals surface area (Å²) < 4.78 is 0. The van der Waals surface area contributed by atoms with Gasteiger partial charge in [-0.2, -0.15) is 0 Å². The Bertz CT molecular complexity index is 514. The average molecular weight is 184 g/mol. The number of rotatable bonds is 0. The number of phenolic OH excluding ortho intramolecular Hbond substituents is 1. The smallest absolute Gasteiger partial charge is 0.119 e. The summed E-state index contributed by atoms with van der Waals surface area (Å²) in [6.45, 7) is 2.16. The second-order valence-corrected chi connectivity index (χ2v) is 4.11. The van der Waals surface area contributed by atoms with Gasteiger partial charge in [-0.15, -0.1) is 0 Å². The summed E-state index contributed by atoms with van der Waals surface area (Å²) in [6, 6.07) is 10.1.